The van der Waals surface area contributed by atoms with Crippen molar-refractivity contribution in [2.24, 2.45) is 0 Å². The first kappa shape index (κ1) is 15.7. The Labute approximate surface area is 133 Å². The molecule has 4 nitrogen and oxygen atoms in total. The molecule has 0 heterocycles. The van der Waals surface area contributed by atoms with Gasteiger partial charge < -0.3 is 4.74 Å². The van der Waals surface area contributed by atoms with E-state index in [-0.39, 0.29) is 23.1 Å². The van der Waals surface area contributed by atoms with Crippen LogP contribution in [0.5, 0.6) is 5.75 Å². The van der Waals surface area contributed by atoms with Gasteiger partial charge in [0.15, 0.2) is 5.75 Å². The molecule has 0 saturated carbocycles. The van der Waals surface area contributed by atoms with Crippen LogP contribution in [0.15, 0.2) is 36.4 Å². The zero-order chi connectivity index (χ0) is 15.4. The summed E-state index contributed by atoms with van der Waals surface area (Å²) in [5.74, 6) is -0.356. The number of hydrogen-bond donors (Lipinski definition) is 0. The van der Waals surface area contributed by atoms with E-state index in [1.807, 2.05) is 0 Å². The number of hydrogen-bond acceptors (Lipinski definition) is 3. The summed E-state index contributed by atoms with van der Waals surface area (Å²) in [4.78, 5) is 10.5. The summed E-state index contributed by atoms with van der Waals surface area (Å²) in [5.41, 5.74) is 1.36. The first-order valence-corrected chi connectivity index (χ1v) is 7.41. The Kier molecular flexibility index (Phi) is 5.14. The average molecular weight is 375 g/mol. The SMILES string of the molecule is O=[N+]([O-])c1ccc(CBr)cc1OCc1ccc(F)c(Cl)c1. The summed E-state index contributed by atoms with van der Waals surface area (Å²) < 4.78 is 18.5. The molecule has 0 unspecified atom stereocenters. The van der Waals surface area contributed by atoms with Crippen LogP contribution in [-0.4, -0.2) is 4.92 Å². The summed E-state index contributed by atoms with van der Waals surface area (Å²) in [7, 11) is 0. The quantitative estimate of drug-likeness (QED) is 0.426. The fourth-order valence-corrected chi connectivity index (χ4v) is 2.25. The van der Waals surface area contributed by atoms with Gasteiger partial charge in [-0.25, -0.2) is 4.39 Å². The van der Waals surface area contributed by atoms with Crippen LogP contribution in [0.4, 0.5) is 10.1 Å². The normalized spacial score (nSPS) is 10.4. The van der Waals surface area contributed by atoms with Crippen molar-refractivity contribution in [2.75, 3.05) is 0 Å². The molecule has 0 amide bonds. The van der Waals surface area contributed by atoms with Crippen LogP contribution in [-0.2, 0) is 11.9 Å². The summed E-state index contributed by atoms with van der Waals surface area (Å²) in [6.45, 7) is 0.0621. The van der Waals surface area contributed by atoms with Crippen molar-refractivity contribution in [1.82, 2.24) is 0 Å². The lowest BCUT2D eigenvalue weighted by Gasteiger charge is -2.08. The standard InChI is InChI=1S/C14H10BrClFNO3/c15-7-9-2-4-13(18(19)20)14(6-9)21-8-10-1-3-12(17)11(16)5-10/h1-6H,7-8H2. The zero-order valence-corrected chi connectivity index (χ0v) is 13.0. The monoisotopic (exact) mass is 373 g/mol. The van der Waals surface area contributed by atoms with Crippen molar-refractivity contribution >= 4 is 33.2 Å². The van der Waals surface area contributed by atoms with Gasteiger partial charge in [-0.05, 0) is 29.3 Å². The number of alkyl halides is 1. The van der Waals surface area contributed by atoms with Crippen LogP contribution < -0.4 is 4.74 Å². The molecule has 0 aliphatic heterocycles. The first-order chi connectivity index (χ1) is 10.0. The molecule has 2 aromatic rings. The minimum atomic E-state index is -0.521. The van der Waals surface area contributed by atoms with Crippen molar-refractivity contribution in [3.8, 4) is 5.75 Å². The number of nitro groups is 1. The van der Waals surface area contributed by atoms with E-state index < -0.39 is 10.7 Å². The molecule has 0 spiro atoms. The number of ether oxygens (including phenoxy) is 1. The molecule has 21 heavy (non-hydrogen) atoms. The Morgan fingerprint density at radius 2 is 1.95 bits per heavy atom. The van der Waals surface area contributed by atoms with Gasteiger partial charge in [0, 0.05) is 11.4 Å². The van der Waals surface area contributed by atoms with Gasteiger partial charge in [0.05, 0.1) is 9.95 Å². The van der Waals surface area contributed by atoms with Gasteiger partial charge in [0.25, 0.3) is 0 Å². The summed E-state index contributed by atoms with van der Waals surface area (Å²) in [5, 5.41) is 11.5. The van der Waals surface area contributed by atoms with Gasteiger partial charge in [-0.2, -0.15) is 0 Å². The maximum atomic E-state index is 13.1. The number of nitrogens with zero attached hydrogens (tertiary/aromatic N) is 1. The maximum Gasteiger partial charge on any atom is 0.310 e. The second kappa shape index (κ2) is 6.87. The number of nitro benzene ring substituents is 1. The summed E-state index contributed by atoms with van der Waals surface area (Å²) in [6.07, 6.45) is 0. The first-order valence-electron chi connectivity index (χ1n) is 5.91. The smallest absolute Gasteiger partial charge is 0.310 e. The molecule has 110 valence electrons. The number of rotatable bonds is 5. The maximum absolute atomic E-state index is 13.1. The molecule has 0 fully saturated rings. The molecule has 0 atom stereocenters. The van der Waals surface area contributed by atoms with Crippen LogP contribution in [0.1, 0.15) is 11.1 Å². The third-order valence-electron chi connectivity index (χ3n) is 2.75. The summed E-state index contributed by atoms with van der Waals surface area (Å²) in [6, 6.07) is 8.80. The fraction of sp³-hybridized carbons (Fsp3) is 0.143. The molecule has 0 saturated heterocycles. The van der Waals surface area contributed by atoms with Crippen LogP contribution in [0.2, 0.25) is 5.02 Å². The highest BCUT2D eigenvalue weighted by molar-refractivity contribution is 9.08. The van der Waals surface area contributed by atoms with E-state index in [9.17, 15) is 14.5 Å². The predicted octanol–water partition coefficient (Wildman–Crippen LogP) is 4.86. The van der Waals surface area contributed by atoms with Gasteiger partial charge in [-0.1, -0.05) is 39.7 Å². The van der Waals surface area contributed by atoms with E-state index in [4.69, 9.17) is 16.3 Å². The minimum absolute atomic E-state index is 0.0141. The third kappa shape index (κ3) is 3.92. The molecule has 2 rings (SSSR count). The Bertz CT molecular complexity index is 681. The van der Waals surface area contributed by atoms with Gasteiger partial charge in [-0.15, -0.1) is 0 Å². The van der Waals surface area contributed by atoms with Crippen LogP contribution in [0.3, 0.4) is 0 Å². The second-order valence-corrected chi connectivity index (χ2v) is 5.20. The number of halogens is 3. The topological polar surface area (TPSA) is 52.4 Å². The second-order valence-electron chi connectivity index (χ2n) is 4.23. The Morgan fingerprint density at radius 1 is 1.24 bits per heavy atom. The molecule has 2 aromatic carbocycles. The third-order valence-corrected chi connectivity index (χ3v) is 3.69. The fourth-order valence-electron chi connectivity index (χ4n) is 1.70. The largest absolute Gasteiger partial charge is 0.482 e. The Hall–Kier alpha value is -1.66. The van der Waals surface area contributed by atoms with Crippen molar-refractivity contribution in [3.05, 3.63) is 68.5 Å². The van der Waals surface area contributed by atoms with E-state index in [1.165, 1.54) is 24.3 Å². The van der Waals surface area contributed by atoms with Crippen LogP contribution in [0.25, 0.3) is 0 Å². The highest BCUT2D eigenvalue weighted by Crippen LogP contribution is 2.29. The average Bonchev–Trinajstić information content (AvgIpc) is 2.48. The van der Waals surface area contributed by atoms with Crippen molar-refractivity contribution in [1.29, 1.82) is 0 Å². The lowest BCUT2D eigenvalue weighted by molar-refractivity contribution is -0.386. The van der Waals surface area contributed by atoms with Gasteiger partial charge in [0.2, 0.25) is 0 Å². The molecular formula is C14H10BrClFNO3. The molecule has 7 heteroatoms. The minimum Gasteiger partial charge on any atom is -0.482 e. The molecule has 0 aliphatic carbocycles. The van der Waals surface area contributed by atoms with Crippen molar-refractivity contribution in [2.45, 2.75) is 11.9 Å². The van der Waals surface area contributed by atoms with E-state index in [2.05, 4.69) is 15.9 Å². The molecule has 0 radical (unpaired) electrons. The molecule has 0 bridgehead atoms. The van der Waals surface area contributed by atoms with E-state index in [0.717, 1.165) is 5.56 Å². The van der Waals surface area contributed by atoms with E-state index >= 15 is 0 Å². The van der Waals surface area contributed by atoms with Crippen molar-refractivity contribution < 1.29 is 14.1 Å². The van der Waals surface area contributed by atoms with E-state index in [0.29, 0.717) is 10.9 Å². The molecule has 0 N–H and O–H groups in total. The molecular weight excluding hydrogens is 365 g/mol. The highest BCUT2D eigenvalue weighted by atomic mass is 79.9. The number of benzene rings is 2. The molecule has 0 aromatic heterocycles. The summed E-state index contributed by atoms with van der Waals surface area (Å²) >= 11 is 8.96. The van der Waals surface area contributed by atoms with Crippen LogP contribution in [0, 0.1) is 15.9 Å². The lowest BCUT2D eigenvalue weighted by atomic mass is 10.2. The Morgan fingerprint density at radius 3 is 2.57 bits per heavy atom. The van der Waals surface area contributed by atoms with Crippen molar-refractivity contribution in [3.63, 3.8) is 0 Å². The van der Waals surface area contributed by atoms with Gasteiger partial charge >= 0.3 is 5.69 Å². The van der Waals surface area contributed by atoms with Gasteiger partial charge in [0.1, 0.15) is 12.4 Å². The molecule has 0 aliphatic rings. The van der Waals surface area contributed by atoms with Gasteiger partial charge in [-0.3, -0.25) is 10.1 Å². The highest BCUT2D eigenvalue weighted by Gasteiger charge is 2.15. The zero-order valence-electron chi connectivity index (χ0n) is 10.7. The van der Waals surface area contributed by atoms with E-state index in [1.54, 1.807) is 12.1 Å². The lowest BCUT2D eigenvalue weighted by Crippen LogP contribution is -2.00. The van der Waals surface area contributed by atoms with Crippen LogP contribution >= 0.6 is 27.5 Å². The predicted molar refractivity (Wildman–Crippen MR) is 81.5 cm³/mol. The Balaban J connectivity index is 2.21.